The largest absolute Gasteiger partial charge is 0.434 e. The van der Waals surface area contributed by atoms with Crippen molar-refractivity contribution in [1.29, 1.82) is 0 Å². The van der Waals surface area contributed by atoms with E-state index in [2.05, 4.69) is 32.5 Å². The van der Waals surface area contributed by atoms with E-state index >= 15 is 0 Å². The topological polar surface area (TPSA) is 62.2 Å². The number of alkyl halides is 3. The van der Waals surface area contributed by atoms with Gasteiger partial charge in [-0.15, -0.1) is 22.7 Å². The monoisotopic (exact) mass is 377 g/mol. The van der Waals surface area contributed by atoms with Gasteiger partial charge in [0.25, 0.3) is 0 Å². The predicted octanol–water partition coefficient (Wildman–Crippen LogP) is 3.09. The third kappa shape index (κ3) is 5.45. The highest BCUT2D eigenvalue weighted by Crippen LogP contribution is 2.29. The summed E-state index contributed by atoms with van der Waals surface area (Å²) < 4.78 is 37.5. The molecule has 2 heterocycles. The molecule has 0 radical (unpaired) electrons. The summed E-state index contributed by atoms with van der Waals surface area (Å²) in [6.45, 7) is 2.89. The van der Waals surface area contributed by atoms with E-state index in [0.29, 0.717) is 17.5 Å². The maximum Gasteiger partial charge on any atom is 0.434 e. The Morgan fingerprint density at radius 2 is 1.92 bits per heavy atom. The number of hydrogen-bond donors (Lipinski definition) is 2. The van der Waals surface area contributed by atoms with Crippen molar-refractivity contribution < 1.29 is 13.2 Å². The average Bonchev–Trinajstić information content (AvgIpc) is 3.19. The fraction of sp³-hybridized carbons (Fsp3) is 0.500. The number of aryl methyl sites for hydroxylation is 1. The predicted molar refractivity (Wildman–Crippen MR) is 90.5 cm³/mol. The normalized spacial score (nSPS) is 12.5. The van der Waals surface area contributed by atoms with E-state index in [0.717, 1.165) is 40.3 Å². The van der Waals surface area contributed by atoms with E-state index in [-0.39, 0.29) is 6.54 Å². The Kier molecular flexibility index (Phi) is 6.55. The van der Waals surface area contributed by atoms with E-state index in [1.807, 2.05) is 5.38 Å². The highest BCUT2D eigenvalue weighted by atomic mass is 32.1. The summed E-state index contributed by atoms with van der Waals surface area (Å²) in [6.07, 6.45) is -2.72. The zero-order valence-corrected chi connectivity index (χ0v) is 14.9. The van der Waals surface area contributed by atoms with Crippen LogP contribution in [0, 0.1) is 0 Å². The van der Waals surface area contributed by atoms with E-state index < -0.39 is 11.9 Å². The summed E-state index contributed by atoms with van der Waals surface area (Å²) >= 11 is 2.61. The molecule has 0 saturated heterocycles. The number of guanidine groups is 1. The van der Waals surface area contributed by atoms with E-state index in [4.69, 9.17) is 0 Å². The Labute approximate surface area is 146 Å². The van der Waals surface area contributed by atoms with Crippen molar-refractivity contribution >= 4 is 28.6 Å². The van der Waals surface area contributed by atoms with Crippen LogP contribution in [0.2, 0.25) is 0 Å². The molecule has 132 valence electrons. The number of aliphatic imine (C=N–C) groups is 1. The lowest BCUT2D eigenvalue weighted by atomic mass is 10.3. The molecule has 2 N–H and O–H groups in total. The Balaban J connectivity index is 1.77. The lowest BCUT2D eigenvalue weighted by molar-refractivity contribution is -0.140. The highest BCUT2D eigenvalue weighted by molar-refractivity contribution is 7.09. The molecular formula is C14H18F3N5S2. The third-order valence-electron chi connectivity index (χ3n) is 3.05. The minimum absolute atomic E-state index is 0.192. The molecule has 2 rings (SSSR count). The first-order valence-corrected chi connectivity index (χ1v) is 9.07. The zero-order valence-electron chi connectivity index (χ0n) is 13.3. The van der Waals surface area contributed by atoms with Gasteiger partial charge in [0.05, 0.1) is 17.2 Å². The number of hydrogen-bond acceptors (Lipinski definition) is 5. The molecule has 2 aromatic heterocycles. The number of thiazole rings is 2. The van der Waals surface area contributed by atoms with Crippen molar-refractivity contribution in [2.75, 3.05) is 13.6 Å². The Morgan fingerprint density at radius 1 is 1.17 bits per heavy atom. The van der Waals surface area contributed by atoms with Crippen molar-refractivity contribution in [2.45, 2.75) is 32.5 Å². The van der Waals surface area contributed by atoms with Crippen molar-refractivity contribution in [2.24, 2.45) is 4.99 Å². The van der Waals surface area contributed by atoms with Gasteiger partial charge < -0.3 is 10.6 Å². The van der Waals surface area contributed by atoms with Crippen LogP contribution in [0.5, 0.6) is 0 Å². The molecule has 0 aliphatic carbocycles. The second kappa shape index (κ2) is 8.43. The van der Waals surface area contributed by atoms with Crippen LogP contribution in [0.25, 0.3) is 0 Å². The van der Waals surface area contributed by atoms with Crippen LogP contribution >= 0.6 is 22.7 Å². The van der Waals surface area contributed by atoms with Crippen molar-refractivity contribution in [3.05, 3.63) is 32.2 Å². The Bertz CT molecular complexity index is 678. The zero-order chi connectivity index (χ0) is 17.6. The van der Waals surface area contributed by atoms with Gasteiger partial charge in [0.15, 0.2) is 11.7 Å². The second-order valence-corrected chi connectivity index (χ2v) is 6.70. The molecule has 5 nitrogen and oxygen atoms in total. The lowest BCUT2D eigenvalue weighted by Gasteiger charge is -2.10. The van der Waals surface area contributed by atoms with E-state index in [1.54, 1.807) is 18.4 Å². The summed E-state index contributed by atoms with van der Waals surface area (Å²) in [6, 6.07) is 0. The average molecular weight is 377 g/mol. The number of rotatable bonds is 6. The summed E-state index contributed by atoms with van der Waals surface area (Å²) in [7, 11) is 1.61. The van der Waals surface area contributed by atoms with Crippen LogP contribution in [-0.4, -0.2) is 29.5 Å². The number of nitrogens with one attached hydrogen (secondary N) is 2. The van der Waals surface area contributed by atoms with Crippen molar-refractivity contribution in [1.82, 2.24) is 20.6 Å². The van der Waals surface area contributed by atoms with Crippen molar-refractivity contribution in [3.8, 4) is 0 Å². The summed E-state index contributed by atoms with van der Waals surface area (Å²) in [5.41, 5.74) is 0.164. The standard InChI is InChI=1S/C14H18F3N5S2/c1-3-11-21-9(7-23-11)4-5-19-13(18-2)20-6-12-22-10(8-24-12)14(15,16)17/h7-8H,3-6H2,1-2H3,(H2,18,19,20). The van der Waals surface area contributed by atoms with Crippen LogP contribution < -0.4 is 10.6 Å². The third-order valence-corrected chi connectivity index (χ3v) is 4.94. The van der Waals surface area contributed by atoms with Crippen LogP contribution in [-0.2, 0) is 25.6 Å². The fourth-order valence-corrected chi connectivity index (χ4v) is 3.36. The van der Waals surface area contributed by atoms with Gasteiger partial charge in [-0.1, -0.05) is 6.92 Å². The molecule has 24 heavy (non-hydrogen) atoms. The SMILES string of the molecule is CCc1nc(CCNC(=NC)NCc2nc(C(F)(F)F)cs2)cs1. The molecule has 0 aliphatic heterocycles. The molecule has 0 amide bonds. The summed E-state index contributed by atoms with van der Waals surface area (Å²) in [4.78, 5) is 12.1. The van der Waals surface area contributed by atoms with Crippen LogP contribution in [0.1, 0.15) is 28.3 Å². The molecule has 10 heteroatoms. The maximum absolute atomic E-state index is 12.5. The lowest BCUT2D eigenvalue weighted by Crippen LogP contribution is -2.37. The summed E-state index contributed by atoms with van der Waals surface area (Å²) in [5, 5.41) is 10.6. The fourth-order valence-electron chi connectivity index (χ4n) is 1.84. The molecule has 0 saturated carbocycles. The maximum atomic E-state index is 12.5. The Morgan fingerprint density at radius 3 is 2.50 bits per heavy atom. The number of nitrogens with zero attached hydrogens (tertiary/aromatic N) is 3. The van der Waals surface area contributed by atoms with Gasteiger partial charge in [0.2, 0.25) is 0 Å². The van der Waals surface area contributed by atoms with Gasteiger partial charge in [0, 0.05) is 30.8 Å². The van der Waals surface area contributed by atoms with E-state index in [9.17, 15) is 13.2 Å². The first-order valence-electron chi connectivity index (χ1n) is 7.31. The van der Waals surface area contributed by atoms with Crippen LogP contribution in [0.4, 0.5) is 13.2 Å². The highest BCUT2D eigenvalue weighted by Gasteiger charge is 2.33. The van der Waals surface area contributed by atoms with Gasteiger partial charge in [0.1, 0.15) is 5.01 Å². The molecular weight excluding hydrogens is 359 g/mol. The minimum atomic E-state index is -4.40. The molecule has 0 aliphatic rings. The molecule has 0 atom stereocenters. The second-order valence-electron chi connectivity index (χ2n) is 4.81. The van der Waals surface area contributed by atoms with Gasteiger partial charge in [-0.05, 0) is 6.42 Å². The smallest absolute Gasteiger partial charge is 0.356 e. The van der Waals surface area contributed by atoms with Crippen LogP contribution in [0.3, 0.4) is 0 Å². The van der Waals surface area contributed by atoms with Gasteiger partial charge in [-0.25, -0.2) is 9.97 Å². The Hall–Kier alpha value is -1.68. The van der Waals surface area contributed by atoms with Crippen molar-refractivity contribution in [3.63, 3.8) is 0 Å². The first kappa shape index (κ1) is 18.7. The number of aromatic nitrogens is 2. The molecule has 2 aromatic rings. The number of halogens is 3. The van der Waals surface area contributed by atoms with E-state index in [1.165, 1.54) is 0 Å². The summed E-state index contributed by atoms with van der Waals surface area (Å²) in [5.74, 6) is 0.518. The molecule has 0 aromatic carbocycles. The first-order chi connectivity index (χ1) is 11.4. The van der Waals surface area contributed by atoms with Gasteiger partial charge >= 0.3 is 6.18 Å². The quantitative estimate of drug-likeness (QED) is 0.600. The van der Waals surface area contributed by atoms with Crippen LogP contribution in [0.15, 0.2) is 15.8 Å². The molecule has 0 spiro atoms. The minimum Gasteiger partial charge on any atom is -0.356 e. The molecule has 0 unspecified atom stereocenters. The molecule has 0 bridgehead atoms. The molecule has 0 fully saturated rings. The van der Waals surface area contributed by atoms with Gasteiger partial charge in [-0.3, -0.25) is 4.99 Å². The van der Waals surface area contributed by atoms with Gasteiger partial charge in [-0.2, -0.15) is 13.2 Å².